The van der Waals surface area contributed by atoms with Gasteiger partial charge in [0.25, 0.3) is 5.69 Å². The number of carbonyl (C=O) groups is 2. The van der Waals surface area contributed by atoms with Crippen molar-refractivity contribution in [1.29, 1.82) is 0 Å². The molecule has 0 spiro atoms. The van der Waals surface area contributed by atoms with Gasteiger partial charge in [-0.25, -0.2) is 0 Å². The molecule has 1 amide bonds. The number of hydrogen-bond donors (Lipinski definition) is 4. The normalized spacial score (nSPS) is 11.7. The third-order valence-corrected chi connectivity index (χ3v) is 2.81. The van der Waals surface area contributed by atoms with Gasteiger partial charge in [-0.3, -0.25) is 19.7 Å². The van der Waals surface area contributed by atoms with E-state index in [1.54, 1.807) is 13.0 Å². The molecule has 0 fully saturated rings. The molecule has 0 saturated carbocycles. The molecule has 1 aromatic carbocycles. The monoisotopic (exact) mass is 311 g/mol. The summed E-state index contributed by atoms with van der Waals surface area (Å²) >= 11 is 0. The summed E-state index contributed by atoms with van der Waals surface area (Å²) in [4.78, 5) is 33.2. The van der Waals surface area contributed by atoms with Crippen molar-refractivity contribution >= 4 is 23.3 Å². The van der Waals surface area contributed by atoms with Gasteiger partial charge in [0.2, 0.25) is 5.91 Å². The first-order chi connectivity index (χ1) is 10.3. The lowest BCUT2D eigenvalue weighted by Gasteiger charge is -2.13. The van der Waals surface area contributed by atoms with E-state index >= 15 is 0 Å². The molecule has 22 heavy (non-hydrogen) atoms. The van der Waals surface area contributed by atoms with Gasteiger partial charge in [-0.1, -0.05) is 6.07 Å². The smallest absolute Gasteiger partial charge is 0.321 e. The number of aliphatic carboxylic acids is 1. The van der Waals surface area contributed by atoms with E-state index in [2.05, 4.69) is 10.6 Å². The molecule has 0 aliphatic rings. The Labute approximate surface area is 126 Å². The number of benzene rings is 1. The zero-order valence-corrected chi connectivity index (χ0v) is 11.9. The van der Waals surface area contributed by atoms with Crippen molar-refractivity contribution in [1.82, 2.24) is 5.32 Å². The number of aliphatic hydroxyl groups is 1. The van der Waals surface area contributed by atoms with Crippen molar-refractivity contribution in [2.24, 2.45) is 0 Å². The third kappa shape index (κ3) is 5.11. The van der Waals surface area contributed by atoms with Crippen molar-refractivity contribution in [3.8, 4) is 0 Å². The van der Waals surface area contributed by atoms with Crippen LogP contribution < -0.4 is 10.6 Å². The highest BCUT2D eigenvalue weighted by Gasteiger charge is 2.22. The van der Waals surface area contributed by atoms with Crippen molar-refractivity contribution < 1.29 is 24.7 Å². The molecule has 9 heteroatoms. The second kappa shape index (κ2) is 8.05. The Morgan fingerprint density at radius 3 is 2.64 bits per heavy atom. The Balaban J connectivity index is 2.80. The van der Waals surface area contributed by atoms with Crippen LogP contribution in [0.15, 0.2) is 18.2 Å². The largest absolute Gasteiger partial charge is 0.480 e. The van der Waals surface area contributed by atoms with Crippen LogP contribution in [0.4, 0.5) is 11.4 Å². The molecule has 0 aromatic heterocycles. The third-order valence-electron chi connectivity index (χ3n) is 2.81. The van der Waals surface area contributed by atoms with Crippen LogP contribution in [0.2, 0.25) is 0 Å². The predicted molar refractivity (Wildman–Crippen MR) is 77.6 cm³/mol. The number of amides is 1. The molecule has 1 unspecified atom stereocenters. The lowest BCUT2D eigenvalue weighted by molar-refractivity contribution is -0.384. The van der Waals surface area contributed by atoms with Gasteiger partial charge in [0.15, 0.2) is 0 Å². The van der Waals surface area contributed by atoms with Crippen molar-refractivity contribution in [3.05, 3.63) is 33.9 Å². The van der Waals surface area contributed by atoms with Gasteiger partial charge in [0.1, 0.15) is 11.7 Å². The summed E-state index contributed by atoms with van der Waals surface area (Å²) in [6.07, 6.45) is -0.416. The van der Waals surface area contributed by atoms with E-state index in [1.165, 1.54) is 12.1 Å². The van der Waals surface area contributed by atoms with Crippen molar-refractivity contribution in [2.75, 3.05) is 18.5 Å². The summed E-state index contributed by atoms with van der Waals surface area (Å²) in [6, 6.07) is 3.12. The van der Waals surface area contributed by atoms with Crippen LogP contribution in [0.1, 0.15) is 12.0 Å². The number of rotatable bonds is 8. The van der Waals surface area contributed by atoms with Crippen LogP contribution in [-0.4, -0.2) is 46.2 Å². The van der Waals surface area contributed by atoms with Crippen LogP contribution in [0.25, 0.3) is 0 Å². The number of nitro groups is 1. The first-order valence-corrected chi connectivity index (χ1v) is 6.47. The van der Waals surface area contributed by atoms with Crippen LogP contribution in [0, 0.1) is 17.0 Å². The molecule has 0 aliphatic heterocycles. The molecule has 9 nitrogen and oxygen atoms in total. The van der Waals surface area contributed by atoms with Crippen molar-refractivity contribution in [2.45, 2.75) is 19.4 Å². The summed E-state index contributed by atoms with van der Waals surface area (Å²) in [5.41, 5.74) is 0.410. The molecular weight excluding hydrogens is 294 g/mol. The summed E-state index contributed by atoms with van der Waals surface area (Å²) in [5, 5.41) is 33.4. The fraction of sp³-hybridized carbons (Fsp3) is 0.385. The number of nitrogens with one attached hydrogen (secondary N) is 2. The molecule has 0 saturated heterocycles. The van der Waals surface area contributed by atoms with E-state index in [9.17, 15) is 19.7 Å². The zero-order valence-electron chi connectivity index (χ0n) is 11.9. The second-order valence-corrected chi connectivity index (χ2v) is 4.60. The van der Waals surface area contributed by atoms with E-state index in [1.807, 2.05) is 0 Å². The Bertz CT molecular complexity index is 575. The first-order valence-electron chi connectivity index (χ1n) is 6.47. The Morgan fingerprint density at radius 2 is 2.09 bits per heavy atom. The molecule has 1 atom stereocenters. The number of anilines is 1. The number of hydrogen-bond acceptors (Lipinski definition) is 6. The number of carboxylic acids is 1. The molecule has 1 aromatic rings. The zero-order chi connectivity index (χ0) is 16.7. The number of aliphatic hydroxyl groups excluding tert-OH is 1. The first kappa shape index (κ1) is 17.5. The molecule has 0 radical (unpaired) electrons. The van der Waals surface area contributed by atoms with Gasteiger partial charge in [0, 0.05) is 12.6 Å². The van der Waals surface area contributed by atoms with Gasteiger partial charge < -0.3 is 20.8 Å². The number of aryl methyl sites for hydroxylation is 1. The number of nitrogens with zero attached hydrogens (tertiary/aromatic N) is 1. The molecule has 120 valence electrons. The van der Waals surface area contributed by atoms with Crippen LogP contribution in [-0.2, 0) is 9.59 Å². The second-order valence-electron chi connectivity index (χ2n) is 4.60. The average Bonchev–Trinajstić information content (AvgIpc) is 2.44. The number of nitro benzene ring substituents is 1. The van der Waals surface area contributed by atoms with Gasteiger partial charge >= 0.3 is 5.97 Å². The standard InChI is InChI=1S/C13H17N3O6/c1-8-2-3-9(11(6-8)16(21)22)15-12(18)7-10(13(19)20)14-4-5-17/h2-3,6,10,14,17H,4-5,7H2,1H3,(H,15,18)(H,19,20). The number of carboxylic acid groups (broad SMARTS) is 1. The van der Waals surface area contributed by atoms with Gasteiger partial charge in [-0.05, 0) is 18.6 Å². The lowest BCUT2D eigenvalue weighted by atomic mass is 10.1. The predicted octanol–water partition coefficient (Wildman–Crippen LogP) is 0.267. The van der Waals surface area contributed by atoms with E-state index < -0.39 is 29.3 Å². The summed E-state index contributed by atoms with van der Waals surface area (Å²) < 4.78 is 0. The Morgan fingerprint density at radius 1 is 1.41 bits per heavy atom. The van der Waals surface area contributed by atoms with E-state index in [0.717, 1.165) is 0 Å². The van der Waals surface area contributed by atoms with Crippen LogP contribution in [0.5, 0.6) is 0 Å². The van der Waals surface area contributed by atoms with E-state index in [-0.39, 0.29) is 24.5 Å². The fourth-order valence-corrected chi connectivity index (χ4v) is 1.77. The molecule has 1 rings (SSSR count). The molecule has 0 bridgehead atoms. The average molecular weight is 311 g/mol. The fourth-order valence-electron chi connectivity index (χ4n) is 1.77. The highest BCUT2D eigenvalue weighted by molar-refractivity contribution is 5.95. The number of carbonyl (C=O) groups excluding carboxylic acids is 1. The Kier molecular flexibility index (Phi) is 6.42. The van der Waals surface area contributed by atoms with Gasteiger partial charge in [-0.15, -0.1) is 0 Å². The quantitative estimate of drug-likeness (QED) is 0.398. The minimum Gasteiger partial charge on any atom is -0.480 e. The molecule has 0 aliphatic carbocycles. The maximum atomic E-state index is 11.9. The van der Waals surface area contributed by atoms with Gasteiger partial charge in [-0.2, -0.15) is 0 Å². The molecule has 4 N–H and O–H groups in total. The SMILES string of the molecule is Cc1ccc(NC(=O)CC(NCCO)C(=O)O)c([N+](=O)[O-])c1. The topological polar surface area (TPSA) is 142 Å². The van der Waals surface area contributed by atoms with Crippen LogP contribution in [0.3, 0.4) is 0 Å². The van der Waals surface area contributed by atoms with E-state index in [4.69, 9.17) is 10.2 Å². The molecule has 0 heterocycles. The highest BCUT2D eigenvalue weighted by atomic mass is 16.6. The minimum absolute atomic E-state index is 0.00639. The van der Waals surface area contributed by atoms with E-state index in [0.29, 0.717) is 5.56 Å². The minimum atomic E-state index is -1.25. The summed E-state index contributed by atoms with van der Waals surface area (Å²) in [5.74, 6) is -1.92. The summed E-state index contributed by atoms with van der Waals surface area (Å²) in [6.45, 7) is 1.43. The van der Waals surface area contributed by atoms with Gasteiger partial charge in [0.05, 0.1) is 18.0 Å². The molecular formula is C13H17N3O6. The Hall–Kier alpha value is -2.52. The maximum Gasteiger partial charge on any atom is 0.321 e. The highest BCUT2D eigenvalue weighted by Crippen LogP contribution is 2.25. The van der Waals surface area contributed by atoms with Crippen LogP contribution >= 0.6 is 0 Å². The summed E-state index contributed by atoms with van der Waals surface area (Å²) in [7, 11) is 0. The maximum absolute atomic E-state index is 11.9. The lowest BCUT2D eigenvalue weighted by Crippen LogP contribution is -2.41. The van der Waals surface area contributed by atoms with Crippen molar-refractivity contribution in [3.63, 3.8) is 0 Å².